The fourth-order valence-corrected chi connectivity index (χ4v) is 4.66. The van der Waals surface area contributed by atoms with Crippen LogP contribution in [0.2, 0.25) is 0 Å². The van der Waals surface area contributed by atoms with Gasteiger partial charge in [-0.05, 0) is 60.5 Å². The van der Waals surface area contributed by atoms with Gasteiger partial charge >= 0.3 is 0 Å². The van der Waals surface area contributed by atoms with Gasteiger partial charge in [0.15, 0.2) is 11.6 Å². The van der Waals surface area contributed by atoms with Gasteiger partial charge < -0.3 is 23.9 Å². The highest BCUT2D eigenvalue weighted by molar-refractivity contribution is 5.94. The van der Waals surface area contributed by atoms with E-state index >= 15 is 0 Å². The van der Waals surface area contributed by atoms with Gasteiger partial charge in [-0.15, -0.1) is 10.2 Å². The van der Waals surface area contributed by atoms with E-state index in [0.717, 1.165) is 35.8 Å². The molecular formula is C30H30FN5O4. The second-order valence-corrected chi connectivity index (χ2v) is 9.50. The summed E-state index contributed by atoms with van der Waals surface area (Å²) >= 11 is 0. The zero-order chi connectivity index (χ0) is 27.9. The van der Waals surface area contributed by atoms with Crippen molar-refractivity contribution in [2.24, 2.45) is 0 Å². The topological polar surface area (TPSA) is 92.0 Å². The minimum Gasteiger partial charge on any atom is -0.497 e. The lowest BCUT2D eigenvalue weighted by Gasteiger charge is -2.27. The van der Waals surface area contributed by atoms with E-state index in [1.807, 2.05) is 36.4 Å². The van der Waals surface area contributed by atoms with Crippen molar-refractivity contribution in [3.8, 4) is 17.0 Å². The summed E-state index contributed by atoms with van der Waals surface area (Å²) in [7, 11) is 1.63. The molecule has 2 amide bonds. The smallest absolute Gasteiger partial charge is 0.290 e. The Morgan fingerprint density at radius 1 is 0.975 bits per heavy atom. The van der Waals surface area contributed by atoms with Gasteiger partial charge in [0.1, 0.15) is 18.1 Å². The number of hydrogen-bond donors (Lipinski definition) is 0. The monoisotopic (exact) mass is 543 g/mol. The lowest BCUT2D eigenvalue weighted by Crippen LogP contribution is -2.44. The number of anilines is 1. The molecule has 0 radical (unpaired) electrons. The van der Waals surface area contributed by atoms with Crippen molar-refractivity contribution in [2.45, 2.75) is 13.0 Å². The molecule has 0 unspecified atom stereocenters. The molecule has 9 nitrogen and oxygen atoms in total. The van der Waals surface area contributed by atoms with Crippen LogP contribution < -0.4 is 9.64 Å². The molecule has 4 aromatic rings. The Balaban J connectivity index is 1.23. The predicted octanol–water partition coefficient (Wildman–Crippen LogP) is 4.27. The fourth-order valence-electron chi connectivity index (χ4n) is 4.66. The normalized spacial score (nSPS) is 13.6. The number of rotatable bonds is 8. The van der Waals surface area contributed by atoms with Crippen LogP contribution in [-0.2, 0) is 11.3 Å². The molecule has 1 aliphatic heterocycles. The third-order valence-electron chi connectivity index (χ3n) is 6.82. The molecule has 3 heterocycles. The summed E-state index contributed by atoms with van der Waals surface area (Å²) in [6.45, 7) is 2.39. The van der Waals surface area contributed by atoms with Gasteiger partial charge in [-0.2, -0.15) is 0 Å². The predicted molar refractivity (Wildman–Crippen MR) is 147 cm³/mol. The molecule has 0 spiro atoms. The van der Waals surface area contributed by atoms with Crippen LogP contribution in [0.4, 0.5) is 10.2 Å². The van der Waals surface area contributed by atoms with Crippen molar-refractivity contribution in [3.05, 3.63) is 96.2 Å². The summed E-state index contributed by atoms with van der Waals surface area (Å²) in [5.41, 5.74) is 2.38. The first-order chi connectivity index (χ1) is 19.5. The Morgan fingerprint density at radius 3 is 2.55 bits per heavy atom. The molecule has 0 N–H and O–H groups in total. The van der Waals surface area contributed by atoms with E-state index in [1.165, 1.54) is 23.3 Å². The number of nitrogens with zero attached hydrogens (tertiary/aromatic N) is 5. The van der Waals surface area contributed by atoms with E-state index in [2.05, 4.69) is 15.1 Å². The van der Waals surface area contributed by atoms with Crippen molar-refractivity contribution >= 4 is 17.6 Å². The van der Waals surface area contributed by atoms with E-state index in [1.54, 1.807) is 36.3 Å². The Labute approximate surface area is 231 Å². The van der Waals surface area contributed by atoms with Crippen LogP contribution in [0.25, 0.3) is 11.3 Å². The largest absolute Gasteiger partial charge is 0.497 e. The van der Waals surface area contributed by atoms with Crippen LogP contribution in [0.5, 0.6) is 5.75 Å². The van der Waals surface area contributed by atoms with Crippen molar-refractivity contribution in [1.29, 1.82) is 0 Å². The van der Waals surface area contributed by atoms with E-state index in [9.17, 15) is 14.0 Å². The number of ether oxygens (including phenoxy) is 1. The molecule has 2 aromatic carbocycles. The summed E-state index contributed by atoms with van der Waals surface area (Å²) < 4.78 is 24.0. The molecule has 2 aromatic heterocycles. The van der Waals surface area contributed by atoms with E-state index in [-0.39, 0.29) is 30.6 Å². The lowest BCUT2D eigenvalue weighted by molar-refractivity contribution is -0.131. The molecule has 1 fully saturated rings. The number of carbonyl (C=O) groups excluding carboxylic acids is 2. The summed E-state index contributed by atoms with van der Waals surface area (Å²) in [6, 6.07) is 20.6. The van der Waals surface area contributed by atoms with Gasteiger partial charge in [0, 0.05) is 38.3 Å². The summed E-state index contributed by atoms with van der Waals surface area (Å²) in [4.78, 5) is 31.8. The highest BCUT2D eigenvalue weighted by atomic mass is 19.1. The molecule has 10 heteroatoms. The summed E-state index contributed by atoms with van der Waals surface area (Å²) in [6.07, 6.45) is 2.16. The second-order valence-electron chi connectivity index (χ2n) is 9.50. The van der Waals surface area contributed by atoms with E-state index in [4.69, 9.17) is 9.15 Å². The van der Waals surface area contributed by atoms with Gasteiger partial charge in [0.25, 0.3) is 5.91 Å². The second kappa shape index (κ2) is 12.4. The van der Waals surface area contributed by atoms with Crippen LogP contribution in [0, 0.1) is 5.82 Å². The zero-order valence-electron chi connectivity index (χ0n) is 22.2. The van der Waals surface area contributed by atoms with Gasteiger partial charge in [0.05, 0.1) is 19.1 Å². The Morgan fingerprint density at radius 2 is 1.82 bits per heavy atom. The van der Waals surface area contributed by atoms with Crippen LogP contribution in [0.15, 0.2) is 83.5 Å². The Hall–Kier alpha value is -4.73. The van der Waals surface area contributed by atoms with Crippen LogP contribution >= 0.6 is 0 Å². The minimum atomic E-state index is -0.398. The van der Waals surface area contributed by atoms with Crippen LogP contribution in [0.1, 0.15) is 22.5 Å². The number of halogens is 1. The van der Waals surface area contributed by atoms with Crippen LogP contribution in [0.3, 0.4) is 0 Å². The number of benzene rings is 2. The molecule has 5 rings (SSSR count). The molecule has 0 bridgehead atoms. The maximum Gasteiger partial charge on any atom is 0.290 e. The van der Waals surface area contributed by atoms with Crippen molar-refractivity contribution in [3.63, 3.8) is 0 Å². The number of carbonyl (C=O) groups is 2. The maximum atomic E-state index is 13.4. The number of amides is 2. The first-order valence-corrected chi connectivity index (χ1v) is 13.1. The van der Waals surface area contributed by atoms with Crippen molar-refractivity contribution < 1.29 is 23.1 Å². The number of aromatic nitrogens is 2. The molecule has 0 atom stereocenters. The average molecular weight is 544 g/mol. The molecule has 40 heavy (non-hydrogen) atoms. The lowest BCUT2D eigenvalue weighted by atomic mass is 10.1. The molecular weight excluding hydrogens is 513 g/mol. The molecule has 1 aliphatic rings. The van der Waals surface area contributed by atoms with Crippen molar-refractivity contribution in [2.75, 3.05) is 44.7 Å². The van der Waals surface area contributed by atoms with Gasteiger partial charge in [-0.3, -0.25) is 9.59 Å². The number of methoxy groups -OCH3 is 1. The molecule has 0 aliphatic carbocycles. The Bertz CT molecular complexity index is 1430. The molecule has 1 saturated heterocycles. The minimum absolute atomic E-state index is 0.119. The Kier molecular flexibility index (Phi) is 8.34. The fraction of sp³-hybridized carbons (Fsp3) is 0.267. The average Bonchev–Trinajstić information content (AvgIpc) is 3.42. The van der Waals surface area contributed by atoms with Crippen LogP contribution in [-0.4, -0.2) is 71.6 Å². The maximum absolute atomic E-state index is 13.4. The van der Waals surface area contributed by atoms with Gasteiger partial charge in [-0.25, -0.2) is 4.39 Å². The first-order valence-electron chi connectivity index (χ1n) is 13.1. The highest BCUT2D eigenvalue weighted by Gasteiger charge is 2.26. The van der Waals surface area contributed by atoms with Crippen molar-refractivity contribution in [1.82, 2.24) is 20.0 Å². The first kappa shape index (κ1) is 26.9. The van der Waals surface area contributed by atoms with E-state index < -0.39 is 5.91 Å². The standard InChI is InChI=1S/C30H30FN5O4/c1-39-25-6-2-5-23(19-25)26-12-13-28(33-32-26)34-14-4-15-35(17-16-34)29(37)21-36(30(38)27-7-3-18-40-27)20-22-8-10-24(31)11-9-22/h2-3,5-13,18-19H,4,14-17,20-21H2,1H3. The quantitative estimate of drug-likeness (QED) is 0.328. The zero-order valence-corrected chi connectivity index (χ0v) is 22.2. The van der Waals surface area contributed by atoms with Gasteiger partial charge in [-0.1, -0.05) is 24.3 Å². The SMILES string of the molecule is COc1cccc(-c2ccc(N3CCCN(C(=O)CN(Cc4ccc(F)cc4)C(=O)c4ccco4)CC3)nn2)c1. The molecule has 206 valence electrons. The summed E-state index contributed by atoms with van der Waals surface area (Å²) in [5.74, 6) is 0.717. The number of hydrogen-bond acceptors (Lipinski definition) is 7. The van der Waals surface area contributed by atoms with E-state index in [0.29, 0.717) is 25.2 Å². The third kappa shape index (κ3) is 6.45. The van der Waals surface area contributed by atoms with Gasteiger partial charge in [0.2, 0.25) is 5.91 Å². The summed E-state index contributed by atoms with van der Waals surface area (Å²) in [5, 5.41) is 8.85. The third-order valence-corrected chi connectivity index (χ3v) is 6.82. The molecule has 0 saturated carbocycles. The number of furan rings is 1. The highest BCUT2D eigenvalue weighted by Crippen LogP contribution is 2.23.